The molecule has 3 N–H and O–H groups in total. The summed E-state index contributed by atoms with van der Waals surface area (Å²) >= 11 is 0. The number of likely N-dealkylation sites (N-methyl/N-ethyl adjacent to an activating group) is 1. The minimum absolute atomic E-state index is 0.0434. The number of aryl methyl sites for hydroxylation is 1. The molecular formula is C15H23N3O. The van der Waals surface area contributed by atoms with Crippen molar-refractivity contribution in [3.63, 3.8) is 0 Å². The minimum Gasteiger partial charge on any atom is -0.358 e. The summed E-state index contributed by atoms with van der Waals surface area (Å²) < 4.78 is 0. The van der Waals surface area contributed by atoms with Crippen LogP contribution in [0.2, 0.25) is 0 Å². The SMILES string of the molecule is CNC(=O)C1CCCN1C(CN)c1ccccc1C. The van der Waals surface area contributed by atoms with Crippen molar-refractivity contribution in [2.45, 2.75) is 31.8 Å². The Morgan fingerprint density at radius 2 is 2.26 bits per heavy atom. The van der Waals surface area contributed by atoms with Crippen LogP contribution in [-0.4, -0.2) is 37.0 Å². The fourth-order valence-electron chi connectivity index (χ4n) is 3.01. The van der Waals surface area contributed by atoms with Crippen LogP contribution in [0.3, 0.4) is 0 Å². The van der Waals surface area contributed by atoms with Gasteiger partial charge in [0, 0.05) is 19.6 Å². The second-order valence-electron chi connectivity index (χ2n) is 5.12. The fourth-order valence-corrected chi connectivity index (χ4v) is 3.01. The van der Waals surface area contributed by atoms with Crippen molar-refractivity contribution in [2.75, 3.05) is 20.1 Å². The maximum atomic E-state index is 12.0. The standard InChI is InChI=1S/C15H23N3O/c1-11-6-3-4-7-12(11)14(10-16)18-9-5-8-13(18)15(19)17-2/h3-4,6-7,13-14H,5,8-10,16H2,1-2H3,(H,17,19). The van der Waals surface area contributed by atoms with Gasteiger partial charge < -0.3 is 11.1 Å². The van der Waals surface area contributed by atoms with E-state index in [-0.39, 0.29) is 18.0 Å². The van der Waals surface area contributed by atoms with Crippen LogP contribution < -0.4 is 11.1 Å². The van der Waals surface area contributed by atoms with Crippen LogP contribution in [0.5, 0.6) is 0 Å². The van der Waals surface area contributed by atoms with E-state index in [9.17, 15) is 4.79 Å². The first-order chi connectivity index (χ1) is 9.19. The summed E-state index contributed by atoms with van der Waals surface area (Å²) in [5.41, 5.74) is 8.46. The van der Waals surface area contributed by atoms with Crippen LogP contribution in [0.15, 0.2) is 24.3 Å². The van der Waals surface area contributed by atoms with Crippen molar-refractivity contribution in [3.8, 4) is 0 Å². The van der Waals surface area contributed by atoms with Gasteiger partial charge in [-0.1, -0.05) is 24.3 Å². The van der Waals surface area contributed by atoms with Crippen molar-refractivity contribution in [2.24, 2.45) is 5.73 Å². The molecule has 1 aromatic carbocycles. The smallest absolute Gasteiger partial charge is 0.237 e. The summed E-state index contributed by atoms with van der Waals surface area (Å²) in [6.07, 6.45) is 1.97. The lowest BCUT2D eigenvalue weighted by Gasteiger charge is -2.32. The first kappa shape index (κ1) is 14.0. The number of carbonyl (C=O) groups excluding carboxylic acids is 1. The minimum atomic E-state index is -0.0434. The average Bonchev–Trinajstić information content (AvgIpc) is 2.90. The van der Waals surface area contributed by atoms with Crippen LogP contribution in [0.25, 0.3) is 0 Å². The molecule has 1 aliphatic rings. The molecule has 1 saturated heterocycles. The predicted molar refractivity (Wildman–Crippen MR) is 76.8 cm³/mol. The van der Waals surface area contributed by atoms with Gasteiger partial charge in [0.25, 0.3) is 0 Å². The molecule has 4 nitrogen and oxygen atoms in total. The molecule has 0 saturated carbocycles. The number of hydrogen-bond acceptors (Lipinski definition) is 3. The maximum absolute atomic E-state index is 12.0. The van der Waals surface area contributed by atoms with Crippen LogP contribution in [-0.2, 0) is 4.79 Å². The number of carbonyl (C=O) groups is 1. The fraction of sp³-hybridized carbons (Fsp3) is 0.533. The summed E-state index contributed by atoms with van der Waals surface area (Å²) in [5.74, 6) is 0.101. The number of benzene rings is 1. The van der Waals surface area contributed by atoms with Gasteiger partial charge in [-0.3, -0.25) is 9.69 Å². The number of rotatable bonds is 4. The van der Waals surface area contributed by atoms with E-state index >= 15 is 0 Å². The Hall–Kier alpha value is -1.39. The van der Waals surface area contributed by atoms with Crippen LogP contribution in [0.4, 0.5) is 0 Å². The number of nitrogens with two attached hydrogens (primary N) is 1. The van der Waals surface area contributed by atoms with E-state index in [2.05, 4.69) is 29.3 Å². The molecule has 1 heterocycles. The van der Waals surface area contributed by atoms with E-state index in [1.807, 2.05) is 12.1 Å². The highest BCUT2D eigenvalue weighted by Gasteiger charge is 2.35. The van der Waals surface area contributed by atoms with Crippen molar-refractivity contribution in [1.82, 2.24) is 10.2 Å². The summed E-state index contributed by atoms with van der Waals surface area (Å²) in [4.78, 5) is 14.2. The highest BCUT2D eigenvalue weighted by Crippen LogP contribution is 2.30. The lowest BCUT2D eigenvalue weighted by molar-refractivity contribution is -0.125. The van der Waals surface area contributed by atoms with Gasteiger partial charge >= 0.3 is 0 Å². The predicted octanol–water partition coefficient (Wildman–Crippen LogP) is 1.21. The molecule has 0 radical (unpaired) electrons. The zero-order valence-corrected chi connectivity index (χ0v) is 11.7. The van der Waals surface area contributed by atoms with Gasteiger partial charge in [-0.25, -0.2) is 0 Å². The highest BCUT2D eigenvalue weighted by molar-refractivity contribution is 5.81. The summed E-state index contributed by atoms with van der Waals surface area (Å²) in [6, 6.07) is 8.38. The third-order valence-electron chi connectivity index (χ3n) is 4.01. The van der Waals surface area contributed by atoms with Gasteiger partial charge in [0.15, 0.2) is 0 Å². The van der Waals surface area contributed by atoms with E-state index in [1.54, 1.807) is 7.05 Å². The molecule has 2 rings (SSSR count). The van der Waals surface area contributed by atoms with Crippen molar-refractivity contribution in [3.05, 3.63) is 35.4 Å². The first-order valence-corrected chi connectivity index (χ1v) is 6.92. The molecule has 1 amide bonds. The second kappa shape index (κ2) is 6.17. The molecule has 0 aliphatic carbocycles. The van der Waals surface area contributed by atoms with Gasteiger partial charge in [-0.05, 0) is 37.4 Å². The summed E-state index contributed by atoms with van der Waals surface area (Å²) in [7, 11) is 1.70. The average molecular weight is 261 g/mol. The molecule has 2 unspecified atom stereocenters. The molecule has 1 aliphatic heterocycles. The van der Waals surface area contributed by atoms with Crippen molar-refractivity contribution in [1.29, 1.82) is 0 Å². The van der Waals surface area contributed by atoms with E-state index < -0.39 is 0 Å². The van der Waals surface area contributed by atoms with Gasteiger partial charge in [0.05, 0.1) is 6.04 Å². The molecule has 0 spiro atoms. The maximum Gasteiger partial charge on any atom is 0.237 e. The van der Waals surface area contributed by atoms with Crippen molar-refractivity contribution < 1.29 is 4.79 Å². The van der Waals surface area contributed by atoms with E-state index in [4.69, 9.17) is 5.73 Å². The van der Waals surface area contributed by atoms with Gasteiger partial charge in [-0.15, -0.1) is 0 Å². The molecule has 0 bridgehead atoms. The Balaban J connectivity index is 2.27. The topological polar surface area (TPSA) is 58.4 Å². The highest BCUT2D eigenvalue weighted by atomic mass is 16.2. The lowest BCUT2D eigenvalue weighted by atomic mass is 9.99. The summed E-state index contributed by atoms with van der Waals surface area (Å²) in [5, 5.41) is 2.76. The molecule has 2 atom stereocenters. The monoisotopic (exact) mass is 261 g/mol. The normalized spacial score (nSPS) is 21.3. The Morgan fingerprint density at radius 1 is 1.53 bits per heavy atom. The van der Waals surface area contributed by atoms with Crippen molar-refractivity contribution >= 4 is 5.91 Å². The zero-order chi connectivity index (χ0) is 13.8. The van der Waals surface area contributed by atoms with Gasteiger partial charge in [-0.2, -0.15) is 0 Å². The third kappa shape index (κ3) is 2.80. The quantitative estimate of drug-likeness (QED) is 0.856. The number of hydrogen-bond donors (Lipinski definition) is 2. The molecule has 1 aromatic rings. The van der Waals surface area contributed by atoms with Crippen LogP contribution in [0, 0.1) is 6.92 Å². The Morgan fingerprint density at radius 3 is 2.89 bits per heavy atom. The van der Waals surface area contributed by atoms with Crippen LogP contribution in [0.1, 0.15) is 30.0 Å². The van der Waals surface area contributed by atoms with Gasteiger partial charge in [0.1, 0.15) is 0 Å². The first-order valence-electron chi connectivity index (χ1n) is 6.92. The molecule has 4 heteroatoms. The van der Waals surface area contributed by atoms with Crippen LogP contribution >= 0.6 is 0 Å². The number of likely N-dealkylation sites (tertiary alicyclic amines) is 1. The molecule has 19 heavy (non-hydrogen) atoms. The summed E-state index contributed by atoms with van der Waals surface area (Å²) in [6.45, 7) is 3.58. The third-order valence-corrected chi connectivity index (χ3v) is 4.01. The van der Waals surface area contributed by atoms with E-state index in [0.717, 1.165) is 19.4 Å². The number of nitrogens with one attached hydrogen (secondary N) is 1. The Bertz CT molecular complexity index is 447. The molecule has 0 aromatic heterocycles. The number of amides is 1. The Labute approximate surface area is 115 Å². The molecule has 104 valence electrons. The largest absolute Gasteiger partial charge is 0.358 e. The second-order valence-corrected chi connectivity index (χ2v) is 5.12. The molecule has 1 fully saturated rings. The lowest BCUT2D eigenvalue weighted by Crippen LogP contribution is -2.45. The number of nitrogens with zero attached hydrogens (tertiary/aromatic N) is 1. The zero-order valence-electron chi connectivity index (χ0n) is 11.7. The Kier molecular flexibility index (Phi) is 4.56. The molecular weight excluding hydrogens is 238 g/mol. The van der Waals surface area contributed by atoms with Gasteiger partial charge in [0.2, 0.25) is 5.91 Å². The van der Waals surface area contributed by atoms with E-state index in [0.29, 0.717) is 6.54 Å². The van der Waals surface area contributed by atoms with E-state index in [1.165, 1.54) is 11.1 Å².